The Morgan fingerprint density at radius 3 is 2.66 bits per heavy atom. The molecule has 1 aromatic carbocycles. The lowest BCUT2D eigenvalue weighted by Gasteiger charge is -2.34. The van der Waals surface area contributed by atoms with E-state index < -0.39 is 0 Å². The summed E-state index contributed by atoms with van der Waals surface area (Å²) in [6.45, 7) is 8.30. The monoisotopic (exact) mass is 476 g/mol. The average Bonchev–Trinajstić information content (AvgIpc) is 2.89. The van der Waals surface area contributed by atoms with Crippen LogP contribution in [0.2, 0.25) is 0 Å². The Labute approximate surface area is 207 Å². The van der Waals surface area contributed by atoms with Crippen LogP contribution in [0.15, 0.2) is 41.7 Å². The fourth-order valence-electron chi connectivity index (χ4n) is 5.26. The molecule has 0 atom stereocenters. The normalized spacial score (nSPS) is 20.4. The maximum Gasteiger partial charge on any atom is 0.219 e. The summed E-state index contributed by atoms with van der Waals surface area (Å²) in [6.07, 6.45) is 4.59. The zero-order valence-electron chi connectivity index (χ0n) is 20.8. The molecule has 3 aliphatic heterocycles. The van der Waals surface area contributed by atoms with Crippen molar-refractivity contribution in [1.29, 1.82) is 5.41 Å². The predicted molar refractivity (Wildman–Crippen MR) is 139 cm³/mol. The zero-order valence-corrected chi connectivity index (χ0v) is 20.8. The molecule has 1 amide bonds. The third-order valence-electron chi connectivity index (χ3n) is 7.54. The molecule has 3 aliphatic rings. The smallest absolute Gasteiger partial charge is 0.219 e. The van der Waals surface area contributed by atoms with Crippen molar-refractivity contribution in [2.75, 3.05) is 64.4 Å². The predicted octanol–water partition coefficient (Wildman–Crippen LogP) is 2.63. The van der Waals surface area contributed by atoms with Crippen molar-refractivity contribution in [3.63, 3.8) is 0 Å². The number of aromatic nitrogens is 1. The Kier molecular flexibility index (Phi) is 7.02. The van der Waals surface area contributed by atoms with Crippen LogP contribution in [0, 0.1) is 5.41 Å². The molecule has 2 aromatic rings. The van der Waals surface area contributed by atoms with Gasteiger partial charge >= 0.3 is 0 Å². The molecule has 0 unspecified atom stereocenters. The summed E-state index contributed by atoms with van der Waals surface area (Å²) in [5.74, 6) is 1.05. The number of fused-ring (bicyclic) bond motifs is 1. The summed E-state index contributed by atoms with van der Waals surface area (Å²) in [5, 5.41) is 15.0. The molecule has 35 heavy (non-hydrogen) atoms. The Hall–Kier alpha value is -2.97. The first kappa shape index (κ1) is 23.8. The van der Waals surface area contributed by atoms with Gasteiger partial charge in [-0.3, -0.25) is 10.2 Å². The number of nitrogens with zero attached hydrogens (tertiary/aromatic N) is 4. The first-order chi connectivity index (χ1) is 17.0. The number of nitrogens with one attached hydrogen (secondary N) is 2. The van der Waals surface area contributed by atoms with Crippen molar-refractivity contribution >= 4 is 28.2 Å². The molecule has 5 rings (SSSR count). The SMILES string of the molecule is CC(=O)N1CCC(NC2CCOCC2)=C(C(=N)c2cccc3cc(N4CCN(C)CC4)ncc23)C1. The van der Waals surface area contributed by atoms with E-state index in [9.17, 15) is 10.2 Å². The van der Waals surface area contributed by atoms with Crippen molar-refractivity contribution in [3.8, 4) is 0 Å². The highest BCUT2D eigenvalue weighted by molar-refractivity contribution is 6.18. The van der Waals surface area contributed by atoms with Crippen LogP contribution in [0.5, 0.6) is 0 Å². The second kappa shape index (κ2) is 10.3. The van der Waals surface area contributed by atoms with Gasteiger partial charge in [0.25, 0.3) is 0 Å². The molecule has 2 fully saturated rings. The van der Waals surface area contributed by atoms with E-state index in [-0.39, 0.29) is 5.91 Å². The second-order valence-electron chi connectivity index (χ2n) is 9.91. The number of hydrogen-bond donors (Lipinski definition) is 2. The molecular weight excluding hydrogens is 440 g/mol. The Morgan fingerprint density at radius 1 is 1.14 bits per heavy atom. The maximum atomic E-state index is 12.2. The average molecular weight is 477 g/mol. The molecular formula is C27H36N6O2. The lowest BCUT2D eigenvalue weighted by Crippen LogP contribution is -2.44. The highest BCUT2D eigenvalue weighted by atomic mass is 16.5. The summed E-state index contributed by atoms with van der Waals surface area (Å²) in [6, 6.07) is 8.64. The van der Waals surface area contributed by atoms with Crippen molar-refractivity contribution in [1.82, 2.24) is 20.1 Å². The van der Waals surface area contributed by atoms with Crippen LogP contribution in [-0.2, 0) is 9.53 Å². The van der Waals surface area contributed by atoms with Gasteiger partial charge in [-0.05, 0) is 31.3 Å². The van der Waals surface area contributed by atoms with Gasteiger partial charge in [-0.2, -0.15) is 0 Å². The third-order valence-corrected chi connectivity index (χ3v) is 7.54. The molecule has 0 saturated carbocycles. The summed E-state index contributed by atoms with van der Waals surface area (Å²) < 4.78 is 5.52. The fourth-order valence-corrected chi connectivity index (χ4v) is 5.26. The number of anilines is 1. The van der Waals surface area contributed by atoms with Crippen LogP contribution >= 0.6 is 0 Å². The molecule has 0 aliphatic carbocycles. The van der Waals surface area contributed by atoms with Gasteiger partial charge in [0.1, 0.15) is 5.82 Å². The molecule has 2 N–H and O–H groups in total. The summed E-state index contributed by atoms with van der Waals surface area (Å²) >= 11 is 0. The van der Waals surface area contributed by atoms with Crippen molar-refractivity contribution < 1.29 is 9.53 Å². The Morgan fingerprint density at radius 2 is 1.91 bits per heavy atom. The first-order valence-corrected chi connectivity index (χ1v) is 12.7. The molecule has 186 valence electrons. The highest BCUT2D eigenvalue weighted by Crippen LogP contribution is 2.28. The second-order valence-corrected chi connectivity index (χ2v) is 9.91. The van der Waals surface area contributed by atoms with E-state index in [1.807, 2.05) is 23.2 Å². The lowest BCUT2D eigenvalue weighted by atomic mass is 9.92. The van der Waals surface area contributed by atoms with Crippen LogP contribution in [0.1, 0.15) is 31.7 Å². The van der Waals surface area contributed by atoms with E-state index >= 15 is 0 Å². The maximum absolute atomic E-state index is 12.2. The Bertz CT molecular complexity index is 1130. The molecule has 0 bridgehead atoms. The van der Waals surface area contributed by atoms with Gasteiger partial charge in [-0.15, -0.1) is 0 Å². The van der Waals surface area contributed by atoms with Gasteiger partial charge in [0.2, 0.25) is 5.91 Å². The van der Waals surface area contributed by atoms with E-state index in [0.717, 1.165) is 92.1 Å². The number of ether oxygens (including phenoxy) is 1. The number of carbonyl (C=O) groups excluding carboxylic acids is 1. The summed E-state index contributed by atoms with van der Waals surface area (Å²) in [7, 11) is 2.15. The third kappa shape index (κ3) is 5.18. The molecule has 4 heterocycles. The molecule has 8 heteroatoms. The fraction of sp³-hybridized carbons (Fsp3) is 0.519. The van der Waals surface area contributed by atoms with Crippen LogP contribution in [-0.4, -0.2) is 92.0 Å². The first-order valence-electron chi connectivity index (χ1n) is 12.7. The zero-order chi connectivity index (χ0) is 24.4. The van der Waals surface area contributed by atoms with E-state index in [4.69, 9.17) is 9.72 Å². The number of hydrogen-bond acceptors (Lipinski definition) is 7. The van der Waals surface area contributed by atoms with Gasteiger partial charge < -0.3 is 24.8 Å². The van der Waals surface area contributed by atoms with Crippen molar-refractivity contribution in [2.24, 2.45) is 0 Å². The van der Waals surface area contributed by atoms with Crippen LogP contribution in [0.4, 0.5) is 5.82 Å². The number of piperazine rings is 1. The number of benzene rings is 1. The van der Waals surface area contributed by atoms with Gasteiger partial charge in [-0.1, -0.05) is 18.2 Å². The van der Waals surface area contributed by atoms with Crippen LogP contribution in [0.3, 0.4) is 0 Å². The topological polar surface area (TPSA) is 84.8 Å². The number of amides is 1. The summed E-state index contributed by atoms with van der Waals surface area (Å²) in [4.78, 5) is 23.5. The number of rotatable bonds is 5. The van der Waals surface area contributed by atoms with E-state index in [2.05, 4.69) is 34.3 Å². The van der Waals surface area contributed by atoms with Crippen LogP contribution < -0.4 is 10.2 Å². The van der Waals surface area contributed by atoms with Crippen molar-refractivity contribution in [2.45, 2.75) is 32.2 Å². The summed E-state index contributed by atoms with van der Waals surface area (Å²) in [5.41, 5.74) is 3.35. The molecule has 0 radical (unpaired) electrons. The van der Waals surface area contributed by atoms with E-state index in [1.54, 1.807) is 6.92 Å². The minimum Gasteiger partial charge on any atom is -0.385 e. The number of carbonyl (C=O) groups is 1. The molecule has 0 spiro atoms. The minimum atomic E-state index is 0.0526. The van der Waals surface area contributed by atoms with Gasteiger partial charge in [0.15, 0.2) is 0 Å². The van der Waals surface area contributed by atoms with Gasteiger partial charge in [0, 0.05) is 100 Å². The van der Waals surface area contributed by atoms with Crippen molar-refractivity contribution in [3.05, 3.63) is 47.3 Å². The number of pyridine rings is 1. The molecule has 1 aromatic heterocycles. The standard InChI is InChI=1S/C27H36N6O2/c1-19(34)33-9-6-25(30-21-7-14-35-15-8-21)24(18-33)27(28)22-5-3-4-20-16-26(29-17-23(20)22)32-12-10-31(2)11-13-32/h3-5,16-17,21,28,30H,6-15,18H2,1-2H3. The van der Waals surface area contributed by atoms with E-state index in [1.165, 1.54) is 0 Å². The largest absolute Gasteiger partial charge is 0.385 e. The quantitative estimate of drug-likeness (QED) is 0.646. The lowest BCUT2D eigenvalue weighted by molar-refractivity contribution is -0.128. The number of likely N-dealkylation sites (N-methyl/N-ethyl adjacent to an activating group) is 1. The van der Waals surface area contributed by atoms with Gasteiger partial charge in [-0.25, -0.2) is 4.98 Å². The highest BCUT2D eigenvalue weighted by Gasteiger charge is 2.27. The molecule has 2 saturated heterocycles. The molecule has 8 nitrogen and oxygen atoms in total. The minimum absolute atomic E-state index is 0.0526. The van der Waals surface area contributed by atoms with E-state index in [0.29, 0.717) is 24.8 Å². The van der Waals surface area contributed by atoms with Crippen LogP contribution in [0.25, 0.3) is 10.8 Å². The Balaban J connectivity index is 1.46. The van der Waals surface area contributed by atoms with Gasteiger partial charge in [0.05, 0.1) is 5.71 Å².